The van der Waals surface area contributed by atoms with Crippen molar-refractivity contribution in [2.75, 3.05) is 26.7 Å². The quantitative estimate of drug-likeness (QED) is 0.609. The molecule has 1 fully saturated rings. The van der Waals surface area contributed by atoms with Crippen molar-refractivity contribution >= 4 is 17.4 Å². The molecule has 1 atom stereocenters. The van der Waals surface area contributed by atoms with Gasteiger partial charge >= 0.3 is 0 Å². The lowest BCUT2D eigenvalue weighted by molar-refractivity contribution is -0.119. The van der Waals surface area contributed by atoms with E-state index < -0.39 is 0 Å². The van der Waals surface area contributed by atoms with E-state index in [0.717, 1.165) is 38.0 Å². The Labute approximate surface area is 143 Å². The minimum absolute atomic E-state index is 0.00643. The van der Waals surface area contributed by atoms with Gasteiger partial charge in [-0.15, -0.1) is 0 Å². The fraction of sp³-hybridized carbons (Fsp3) is 0.611. The summed E-state index contributed by atoms with van der Waals surface area (Å²) in [6, 6.07) is 5.80. The Morgan fingerprint density at radius 3 is 2.83 bits per heavy atom. The molecule has 0 aromatic heterocycles. The molecule has 0 radical (unpaired) electrons. The zero-order valence-corrected chi connectivity index (χ0v) is 14.8. The smallest absolute Gasteiger partial charge is 0.146 e. The second-order valence-electron chi connectivity index (χ2n) is 6.19. The standard InChI is InChI=1S/C18H27ClN2O2/c1-13(22)18(15-5-6-15)21-10-11-23-17-12-16(19)8-7-14(17)4-3-9-20-2/h7-8,12,15,18,20-21H,3-6,9-11H2,1-2H3/t18-/m1/s1. The van der Waals surface area contributed by atoms with Gasteiger partial charge in [0.1, 0.15) is 18.1 Å². The van der Waals surface area contributed by atoms with Crippen LogP contribution >= 0.6 is 11.6 Å². The van der Waals surface area contributed by atoms with Crippen molar-refractivity contribution in [3.05, 3.63) is 28.8 Å². The first kappa shape index (κ1) is 18.2. The summed E-state index contributed by atoms with van der Waals surface area (Å²) in [5.74, 6) is 1.60. The van der Waals surface area contributed by atoms with Crippen molar-refractivity contribution in [2.24, 2.45) is 5.92 Å². The van der Waals surface area contributed by atoms with E-state index in [1.807, 2.05) is 25.2 Å². The molecule has 23 heavy (non-hydrogen) atoms. The predicted molar refractivity (Wildman–Crippen MR) is 94.4 cm³/mol. The minimum atomic E-state index is -0.00643. The molecule has 1 aliphatic carbocycles. The maximum atomic E-state index is 11.6. The lowest BCUT2D eigenvalue weighted by Crippen LogP contribution is -2.39. The molecular formula is C18H27ClN2O2. The molecule has 0 amide bonds. The van der Waals surface area contributed by atoms with Crippen LogP contribution in [0.2, 0.25) is 5.02 Å². The fourth-order valence-corrected chi connectivity index (χ4v) is 2.93. The van der Waals surface area contributed by atoms with Crippen LogP contribution in [-0.4, -0.2) is 38.6 Å². The van der Waals surface area contributed by atoms with Gasteiger partial charge < -0.3 is 15.4 Å². The van der Waals surface area contributed by atoms with Gasteiger partial charge in [0, 0.05) is 11.6 Å². The van der Waals surface area contributed by atoms with Crippen LogP contribution in [0.5, 0.6) is 5.75 Å². The molecule has 128 valence electrons. The summed E-state index contributed by atoms with van der Waals surface area (Å²) in [6.07, 6.45) is 4.32. The summed E-state index contributed by atoms with van der Waals surface area (Å²) in [4.78, 5) is 11.6. The van der Waals surface area contributed by atoms with E-state index in [0.29, 0.717) is 24.1 Å². The maximum absolute atomic E-state index is 11.6. The molecule has 0 unspecified atom stereocenters. The Kier molecular flexibility index (Phi) is 7.34. The highest BCUT2D eigenvalue weighted by Gasteiger charge is 2.33. The number of ketones is 1. The first-order valence-corrected chi connectivity index (χ1v) is 8.79. The Balaban J connectivity index is 1.81. The van der Waals surface area contributed by atoms with Crippen LogP contribution < -0.4 is 15.4 Å². The largest absolute Gasteiger partial charge is 0.492 e. The normalized spacial score (nSPS) is 15.4. The third-order valence-corrected chi connectivity index (χ3v) is 4.39. The van der Waals surface area contributed by atoms with Gasteiger partial charge in [0.05, 0.1) is 6.04 Å². The Bertz CT molecular complexity index is 518. The van der Waals surface area contributed by atoms with Crippen LogP contribution in [0.3, 0.4) is 0 Å². The number of ether oxygens (including phenoxy) is 1. The molecule has 1 saturated carbocycles. The van der Waals surface area contributed by atoms with Crippen LogP contribution in [0.15, 0.2) is 18.2 Å². The first-order chi connectivity index (χ1) is 11.1. The molecule has 2 rings (SSSR count). The van der Waals surface area contributed by atoms with E-state index in [4.69, 9.17) is 16.3 Å². The number of nitrogens with one attached hydrogen (secondary N) is 2. The van der Waals surface area contributed by atoms with E-state index in [1.54, 1.807) is 6.92 Å². The molecule has 0 heterocycles. The van der Waals surface area contributed by atoms with Gasteiger partial charge in [0.2, 0.25) is 0 Å². The van der Waals surface area contributed by atoms with Crippen LogP contribution in [0.1, 0.15) is 31.7 Å². The zero-order chi connectivity index (χ0) is 16.7. The average Bonchev–Trinajstić information content (AvgIpc) is 3.33. The average molecular weight is 339 g/mol. The lowest BCUT2D eigenvalue weighted by atomic mass is 10.1. The third kappa shape index (κ3) is 6.13. The molecule has 5 heteroatoms. The summed E-state index contributed by atoms with van der Waals surface area (Å²) in [5, 5.41) is 7.16. The van der Waals surface area contributed by atoms with Gasteiger partial charge in [0.15, 0.2) is 0 Å². The maximum Gasteiger partial charge on any atom is 0.146 e. The first-order valence-electron chi connectivity index (χ1n) is 8.41. The number of carbonyl (C=O) groups is 1. The van der Waals surface area contributed by atoms with Gasteiger partial charge in [-0.2, -0.15) is 0 Å². The number of benzene rings is 1. The molecule has 0 spiro atoms. The predicted octanol–water partition coefficient (Wildman–Crippen LogP) is 2.83. The highest BCUT2D eigenvalue weighted by atomic mass is 35.5. The van der Waals surface area contributed by atoms with E-state index in [2.05, 4.69) is 10.6 Å². The molecule has 1 aliphatic rings. The van der Waals surface area contributed by atoms with Crippen molar-refractivity contribution < 1.29 is 9.53 Å². The number of hydrogen-bond acceptors (Lipinski definition) is 4. The molecule has 2 N–H and O–H groups in total. The Hall–Kier alpha value is -1.10. The van der Waals surface area contributed by atoms with E-state index in [-0.39, 0.29) is 11.8 Å². The fourth-order valence-electron chi connectivity index (χ4n) is 2.77. The summed E-state index contributed by atoms with van der Waals surface area (Å²) in [5.41, 5.74) is 1.18. The summed E-state index contributed by atoms with van der Waals surface area (Å²) in [7, 11) is 1.95. The van der Waals surface area contributed by atoms with Crippen molar-refractivity contribution in [3.63, 3.8) is 0 Å². The van der Waals surface area contributed by atoms with Crippen molar-refractivity contribution in [1.82, 2.24) is 10.6 Å². The summed E-state index contributed by atoms with van der Waals surface area (Å²) in [6.45, 7) is 3.85. The minimum Gasteiger partial charge on any atom is -0.492 e. The van der Waals surface area contributed by atoms with Crippen molar-refractivity contribution in [3.8, 4) is 5.75 Å². The van der Waals surface area contributed by atoms with E-state index in [1.165, 1.54) is 5.56 Å². The van der Waals surface area contributed by atoms with E-state index in [9.17, 15) is 4.79 Å². The van der Waals surface area contributed by atoms with Gasteiger partial charge in [-0.25, -0.2) is 0 Å². The number of halogens is 1. The second-order valence-corrected chi connectivity index (χ2v) is 6.62. The van der Waals surface area contributed by atoms with Crippen molar-refractivity contribution in [1.29, 1.82) is 0 Å². The monoisotopic (exact) mass is 338 g/mol. The van der Waals surface area contributed by atoms with Gasteiger partial charge in [-0.05, 0) is 69.8 Å². The van der Waals surface area contributed by atoms with Crippen LogP contribution in [-0.2, 0) is 11.2 Å². The molecule has 4 nitrogen and oxygen atoms in total. The number of carbonyl (C=O) groups excluding carboxylic acids is 1. The molecule has 0 aliphatic heterocycles. The SMILES string of the molecule is CNCCCc1ccc(Cl)cc1OCCN[C@H](C(C)=O)C1CC1. The van der Waals surface area contributed by atoms with Crippen molar-refractivity contribution in [2.45, 2.75) is 38.6 Å². The topological polar surface area (TPSA) is 50.4 Å². The van der Waals surface area contributed by atoms with Crippen LogP contribution in [0.25, 0.3) is 0 Å². The van der Waals surface area contributed by atoms with Gasteiger partial charge in [-0.3, -0.25) is 4.79 Å². The zero-order valence-electron chi connectivity index (χ0n) is 14.0. The van der Waals surface area contributed by atoms with Crippen LogP contribution in [0.4, 0.5) is 0 Å². The molecule has 1 aromatic carbocycles. The number of Topliss-reactive ketones (excluding diaryl/α,β-unsaturated/α-hetero) is 1. The van der Waals surface area contributed by atoms with Gasteiger partial charge in [-0.1, -0.05) is 17.7 Å². The number of hydrogen-bond donors (Lipinski definition) is 2. The third-order valence-electron chi connectivity index (χ3n) is 4.16. The number of rotatable bonds is 11. The highest BCUT2D eigenvalue weighted by Crippen LogP contribution is 2.33. The van der Waals surface area contributed by atoms with Gasteiger partial charge in [0.25, 0.3) is 0 Å². The molecular weight excluding hydrogens is 312 g/mol. The molecule has 0 bridgehead atoms. The molecule has 1 aromatic rings. The summed E-state index contributed by atoms with van der Waals surface area (Å²) >= 11 is 6.08. The number of aryl methyl sites for hydroxylation is 1. The Morgan fingerprint density at radius 2 is 2.17 bits per heavy atom. The summed E-state index contributed by atoms with van der Waals surface area (Å²) < 4.78 is 5.90. The highest BCUT2D eigenvalue weighted by molar-refractivity contribution is 6.30. The van der Waals surface area contributed by atoms with Crippen LogP contribution in [0, 0.1) is 5.92 Å². The lowest BCUT2D eigenvalue weighted by Gasteiger charge is -2.16. The molecule has 0 saturated heterocycles. The second kappa shape index (κ2) is 9.26. The van der Waals surface area contributed by atoms with E-state index >= 15 is 0 Å². The Morgan fingerprint density at radius 1 is 1.39 bits per heavy atom.